The maximum atomic E-state index is 13.2. The van der Waals surface area contributed by atoms with Gasteiger partial charge in [-0.25, -0.2) is 9.97 Å². The summed E-state index contributed by atoms with van der Waals surface area (Å²) in [6, 6.07) is 3.75. The van der Waals surface area contributed by atoms with Gasteiger partial charge in [-0.3, -0.25) is 0 Å². The van der Waals surface area contributed by atoms with E-state index in [-0.39, 0.29) is 18.3 Å². The average molecular weight is 532 g/mol. The molecule has 3 aromatic rings. The Morgan fingerprint density at radius 1 is 1.22 bits per heavy atom. The van der Waals surface area contributed by atoms with Crippen molar-refractivity contribution in [3.63, 3.8) is 0 Å². The van der Waals surface area contributed by atoms with E-state index >= 15 is 0 Å². The average Bonchev–Trinajstić information content (AvgIpc) is 3.38. The van der Waals surface area contributed by atoms with Gasteiger partial charge < -0.3 is 19.5 Å². The molecule has 0 saturated carbocycles. The molecule has 0 aromatic carbocycles. The van der Waals surface area contributed by atoms with Crippen LogP contribution in [0.25, 0.3) is 0 Å². The van der Waals surface area contributed by atoms with Gasteiger partial charge in [-0.2, -0.15) is 23.1 Å². The van der Waals surface area contributed by atoms with Crippen LogP contribution in [-0.4, -0.2) is 43.8 Å². The molecule has 4 heterocycles. The molecule has 0 amide bonds. The number of hydrogen-bond donors (Lipinski definition) is 1. The van der Waals surface area contributed by atoms with Gasteiger partial charge in [0.15, 0.2) is 0 Å². The van der Waals surface area contributed by atoms with E-state index in [9.17, 15) is 13.2 Å². The topological polar surface area (TPSA) is 81.0 Å². The molecule has 0 bridgehead atoms. The van der Waals surface area contributed by atoms with Crippen LogP contribution in [-0.2, 0) is 19.5 Å². The fourth-order valence-corrected chi connectivity index (χ4v) is 4.64. The van der Waals surface area contributed by atoms with Crippen LogP contribution in [0.4, 0.5) is 24.8 Å². The summed E-state index contributed by atoms with van der Waals surface area (Å²) in [6.07, 6.45) is 5.67. The lowest BCUT2D eigenvalue weighted by molar-refractivity contribution is -0.0950. The maximum absolute atomic E-state index is 13.2. The van der Waals surface area contributed by atoms with E-state index in [0.29, 0.717) is 55.0 Å². The maximum Gasteiger partial charge on any atom is 0.412 e. The highest BCUT2D eigenvalue weighted by atomic mass is 35.5. The van der Waals surface area contributed by atoms with Gasteiger partial charge in [0.25, 0.3) is 0 Å². The summed E-state index contributed by atoms with van der Waals surface area (Å²) >= 11 is 6.38. The third-order valence-electron chi connectivity index (χ3n) is 6.37. The van der Waals surface area contributed by atoms with E-state index in [4.69, 9.17) is 16.3 Å². The largest absolute Gasteiger partial charge is 0.462 e. The van der Waals surface area contributed by atoms with Crippen molar-refractivity contribution in [2.45, 2.75) is 39.0 Å². The first-order valence-electron chi connectivity index (χ1n) is 11.9. The van der Waals surface area contributed by atoms with Gasteiger partial charge in [0.1, 0.15) is 18.2 Å². The summed E-state index contributed by atoms with van der Waals surface area (Å²) in [5, 5.41) is 3.83. The Morgan fingerprint density at radius 2 is 2.08 bits per heavy atom. The second-order valence-electron chi connectivity index (χ2n) is 8.95. The Hall–Kier alpha value is -3.60. The summed E-state index contributed by atoms with van der Waals surface area (Å²) in [7, 11) is 0. The number of hydrogen-bond acceptors (Lipinski definition) is 7. The Balaban J connectivity index is 1.43. The lowest BCUT2D eigenvalue weighted by atomic mass is 9.92. The fourth-order valence-electron chi connectivity index (χ4n) is 4.40. The smallest absolute Gasteiger partial charge is 0.412 e. The first-order valence-corrected chi connectivity index (χ1v) is 12.2. The molecule has 0 fully saturated rings. The number of fused-ring (bicyclic) bond motifs is 1. The molecule has 0 saturated heterocycles. The van der Waals surface area contributed by atoms with Gasteiger partial charge in [0, 0.05) is 47.9 Å². The van der Waals surface area contributed by atoms with E-state index in [1.807, 2.05) is 15.7 Å². The van der Waals surface area contributed by atoms with Gasteiger partial charge in [-0.1, -0.05) is 24.6 Å². The quantitative estimate of drug-likeness (QED) is 0.449. The second kappa shape index (κ2) is 10.4. The van der Waals surface area contributed by atoms with E-state index in [0.717, 1.165) is 17.3 Å². The number of allylic oxidation sites excluding steroid dienone is 4. The standard InChI is InChI=1S/C25H25ClF3N7O/c1-16-13-17(25(27,28)29)4-5-20(16)32-22-18-6-9-36(23-19(26)3-2-7-31-23)14-21(18)33-24(34-22)37-12-11-35-10-8-30-15-35/h2-5,7-8,10,15-16H,6,9,11-14H2,1H3,(H,32,33,34). The summed E-state index contributed by atoms with van der Waals surface area (Å²) in [5.41, 5.74) is 1.76. The van der Waals surface area contributed by atoms with Crippen molar-refractivity contribution >= 4 is 23.2 Å². The zero-order chi connectivity index (χ0) is 26.0. The molecule has 1 aliphatic carbocycles. The van der Waals surface area contributed by atoms with Crippen molar-refractivity contribution in [2.24, 2.45) is 5.92 Å². The van der Waals surface area contributed by atoms with Gasteiger partial charge in [-0.15, -0.1) is 0 Å². The molecule has 5 rings (SSSR count). The van der Waals surface area contributed by atoms with Gasteiger partial charge in [-0.05, 0) is 31.1 Å². The molecule has 0 radical (unpaired) electrons. The molecule has 1 atom stereocenters. The molecule has 1 aliphatic heterocycles. The molecule has 0 spiro atoms. The van der Waals surface area contributed by atoms with E-state index in [1.54, 1.807) is 37.8 Å². The number of rotatable bonds is 7. The number of aromatic nitrogens is 5. The normalized spacial score (nSPS) is 17.6. The zero-order valence-electron chi connectivity index (χ0n) is 20.0. The van der Waals surface area contributed by atoms with Crippen LogP contribution in [0.5, 0.6) is 6.01 Å². The van der Waals surface area contributed by atoms with E-state index < -0.39 is 11.7 Å². The van der Waals surface area contributed by atoms with Crippen LogP contribution in [0.3, 0.4) is 0 Å². The van der Waals surface area contributed by atoms with Crippen molar-refractivity contribution in [3.8, 4) is 6.01 Å². The summed E-state index contributed by atoms with van der Waals surface area (Å²) in [6.45, 7) is 3.72. The molecule has 2 aliphatic rings. The Morgan fingerprint density at radius 3 is 2.81 bits per heavy atom. The van der Waals surface area contributed by atoms with Crippen molar-refractivity contribution in [1.82, 2.24) is 24.5 Å². The molecular formula is C25H25ClF3N7O. The molecule has 8 nitrogen and oxygen atoms in total. The van der Waals surface area contributed by atoms with E-state index in [2.05, 4.69) is 25.3 Å². The van der Waals surface area contributed by atoms with Crippen molar-refractivity contribution < 1.29 is 17.9 Å². The van der Waals surface area contributed by atoms with Crippen LogP contribution in [0.1, 0.15) is 24.6 Å². The molecule has 3 aromatic heterocycles. The minimum Gasteiger partial charge on any atom is -0.462 e. The van der Waals surface area contributed by atoms with Crippen molar-refractivity contribution in [1.29, 1.82) is 0 Å². The van der Waals surface area contributed by atoms with Crippen LogP contribution in [0.15, 0.2) is 60.5 Å². The highest BCUT2D eigenvalue weighted by Gasteiger charge is 2.36. The third kappa shape index (κ3) is 5.71. The summed E-state index contributed by atoms with van der Waals surface area (Å²) in [5.74, 6) is 0.848. The molecule has 194 valence electrons. The Labute approximate surface area is 216 Å². The molecule has 37 heavy (non-hydrogen) atoms. The molecule has 1 N–H and O–H groups in total. The number of imidazole rings is 1. The highest BCUT2D eigenvalue weighted by molar-refractivity contribution is 6.32. The van der Waals surface area contributed by atoms with E-state index in [1.165, 1.54) is 6.08 Å². The number of nitrogens with zero attached hydrogens (tertiary/aromatic N) is 6. The highest BCUT2D eigenvalue weighted by Crippen LogP contribution is 2.37. The third-order valence-corrected chi connectivity index (χ3v) is 6.67. The second-order valence-corrected chi connectivity index (χ2v) is 9.36. The first kappa shape index (κ1) is 25.1. The predicted octanol–water partition coefficient (Wildman–Crippen LogP) is 5.19. The number of anilines is 2. The number of pyridine rings is 1. The zero-order valence-corrected chi connectivity index (χ0v) is 20.8. The van der Waals surface area contributed by atoms with Crippen molar-refractivity contribution in [2.75, 3.05) is 23.4 Å². The predicted molar refractivity (Wildman–Crippen MR) is 133 cm³/mol. The minimum atomic E-state index is -4.34. The monoisotopic (exact) mass is 531 g/mol. The lowest BCUT2D eigenvalue weighted by Gasteiger charge is -2.31. The minimum absolute atomic E-state index is 0.101. The fraction of sp³-hybridized carbons (Fsp3) is 0.360. The first-order chi connectivity index (χ1) is 17.8. The van der Waals surface area contributed by atoms with Gasteiger partial charge >= 0.3 is 12.2 Å². The summed E-state index contributed by atoms with van der Waals surface area (Å²) < 4.78 is 47.3. The van der Waals surface area contributed by atoms with Crippen LogP contribution in [0.2, 0.25) is 5.02 Å². The van der Waals surface area contributed by atoms with Crippen LogP contribution < -0.4 is 15.0 Å². The number of nitrogens with one attached hydrogen (secondary N) is 1. The SMILES string of the molecule is CC1CC(C(F)(F)F)=CC=C1Nc1nc(OCCn2ccnc2)nc2c1CCN(c1ncccc1Cl)C2. The molecule has 12 heteroatoms. The van der Waals surface area contributed by atoms with Crippen LogP contribution in [0, 0.1) is 5.92 Å². The lowest BCUT2D eigenvalue weighted by Crippen LogP contribution is -2.33. The van der Waals surface area contributed by atoms with Crippen molar-refractivity contribution in [3.05, 3.63) is 76.8 Å². The number of alkyl halides is 3. The Kier molecular flexibility index (Phi) is 7.05. The number of halogens is 4. The Bertz CT molecular complexity index is 1320. The molecule has 1 unspecified atom stereocenters. The number of ether oxygens (including phenoxy) is 1. The van der Waals surface area contributed by atoms with Gasteiger partial charge in [0.2, 0.25) is 0 Å². The van der Waals surface area contributed by atoms with Gasteiger partial charge in [0.05, 0.1) is 30.1 Å². The van der Waals surface area contributed by atoms with Crippen LogP contribution >= 0.6 is 11.6 Å². The molecular weight excluding hydrogens is 507 g/mol. The summed E-state index contributed by atoms with van der Waals surface area (Å²) in [4.78, 5) is 19.7.